The molecule has 9 nitrogen and oxygen atoms in total. The second kappa shape index (κ2) is 7.08. The summed E-state index contributed by atoms with van der Waals surface area (Å²) in [6.45, 7) is 7.38. The van der Waals surface area contributed by atoms with Gasteiger partial charge in [-0.25, -0.2) is 0 Å². The third-order valence-corrected chi connectivity index (χ3v) is 4.59. The van der Waals surface area contributed by atoms with E-state index < -0.39 is 0 Å². The van der Waals surface area contributed by atoms with Crippen LogP contribution in [0.1, 0.15) is 37.0 Å². The zero-order valence-electron chi connectivity index (χ0n) is 14.4. The maximum atomic E-state index is 12.8. The Labute approximate surface area is 141 Å². The van der Waals surface area contributed by atoms with E-state index in [0.29, 0.717) is 23.3 Å². The van der Waals surface area contributed by atoms with Gasteiger partial charge >= 0.3 is 0 Å². The first kappa shape index (κ1) is 16.6. The Morgan fingerprint density at radius 2 is 2.33 bits per heavy atom. The van der Waals surface area contributed by atoms with Crippen molar-refractivity contribution in [2.45, 2.75) is 32.7 Å². The molecule has 1 atom stereocenters. The number of amides is 1. The zero-order valence-corrected chi connectivity index (χ0v) is 14.4. The van der Waals surface area contributed by atoms with Crippen molar-refractivity contribution >= 4 is 5.91 Å². The van der Waals surface area contributed by atoms with Crippen molar-refractivity contribution in [3.8, 4) is 5.82 Å². The Balaban J connectivity index is 1.66. The van der Waals surface area contributed by atoms with Gasteiger partial charge in [-0.3, -0.25) is 9.89 Å². The van der Waals surface area contributed by atoms with Crippen LogP contribution in [0, 0.1) is 5.92 Å². The number of H-pyrrole nitrogens is 1. The smallest absolute Gasteiger partial charge is 0.259 e. The molecule has 1 fully saturated rings. The molecule has 1 amide bonds. The topological polar surface area (TPSA) is 95.8 Å². The summed E-state index contributed by atoms with van der Waals surface area (Å²) >= 11 is 0. The highest BCUT2D eigenvalue weighted by Crippen LogP contribution is 2.20. The molecule has 1 N–H and O–H groups in total. The summed E-state index contributed by atoms with van der Waals surface area (Å²) in [5.74, 6) is 0.915. The van der Waals surface area contributed by atoms with Crippen molar-refractivity contribution < 1.29 is 4.79 Å². The first-order valence-corrected chi connectivity index (χ1v) is 8.32. The lowest BCUT2D eigenvalue weighted by Crippen LogP contribution is -2.44. The van der Waals surface area contributed by atoms with Gasteiger partial charge in [0.25, 0.3) is 5.91 Å². The van der Waals surface area contributed by atoms with Crippen LogP contribution in [0.15, 0.2) is 12.5 Å². The van der Waals surface area contributed by atoms with Gasteiger partial charge in [0.2, 0.25) is 0 Å². The predicted octanol–water partition coefficient (Wildman–Crippen LogP) is 0.578. The van der Waals surface area contributed by atoms with Crippen LogP contribution >= 0.6 is 0 Å². The molecule has 130 valence electrons. The van der Waals surface area contributed by atoms with Crippen molar-refractivity contribution in [3.63, 3.8) is 0 Å². The number of piperidine rings is 1. The van der Waals surface area contributed by atoms with Crippen LogP contribution in [0.2, 0.25) is 0 Å². The van der Waals surface area contributed by atoms with Crippen LogP contribution < -0.4 is 0 Å². The number of likely N-dealkylation sites (tertiary alicyclic amines) is 1. The van der Waals surface area contributed by atoms with Gasteiger partial charge in [-0.1, -0.05) is 0 Å². The highest BCUT2D eigenvalue weighted by molar-refractivity contribution is 5.96. The fourth-order valence-corrected chi connectivity index (χ4v) is 3.27. The molecule has 0 aliphatic carbocycles. The van der Waals surface area contributed by atoms with Crippen molar-refractivity contribution in [1.29, 1.82) is 0 Å². The SMILES string of the molecule is CC(C)N1CCC[C@@H](CN(C)C(=O)c2cn[nH]c2-n2cnnn2)C1. The number of nitrogens with one attached hydrogen (secondary N) is 1. The minimum Gasteiger partial charge on any atom is -0.341 e. The lowest BCUT2D eigenvalue weighted by Gasteiger charge is -2.37. The Morgan fingerprint density at radius 3 is 3.04 bits per heavy atom. The van der Waals surface area contributed by atoms with Crippen LogP contribution in [0.4, 0.5) is 0 Å². The summed E-state index contributed by atoms with van der Waals surface area (Å²) in [6.07, 6.45) is 5.31. The van der Waals surface area contributed by atoms with Gasteiger partial charge in [-0.15, -0.1) is 5.10 Å². The van der Waals surface area contributed by atoms with Crippen LogP contribution in [-0.4, -0.2) is 78.8 Å². The van der Waals surface area contributed by atoms with E-state index in [-0.39, 0.29) is 5.91 Å². The molecule has 0 radical (unpaired) electrons. The summed E-state index contributed by atoms with van der Waals surface area (Å²) in [5.41, 5.74) is 0.473. The molecule has 0 spiro atoms. The number of nitrogens with zero attached hydrogens (tertiary/aromatic N) is 7. The van der Waals surface area contributed by atoms with Crippen LogP contribution in [0.25, 0.3) is 5.82 Å². The van der Waals surface area contributed by atoms with Gasteiger partial charge < -0.3 is 9.80 Å². The number of hydrogen-bond acceptors (Lipinski definition) is 6. The molecule has 0 bridgehead atoms. The number of carbonyl (C=O) groups is 1. The van der Waals surface area contributed by atoms with Crippen molar-refractivity contribution in [3.05, 3.63) is 18.1 Å². The Morgan fingerprint density at radius 1 is 1.50 bits per heavy atom. The lowest BCUT2D eigenvalue weighted by molar-refractivity contribution is 0.0709. The Hall–Kier alpha value is -2.29. The average Bonchev–Trinajstić information content (AvgIpc) is 3.25. The number of rotatable bonds is 5. The fourth-order valence-electron chi connectivity index (χ4n) is 3.27. The minimum absolute atomic E-state index is 0.0732. The van der Waals surface area contributed by atoms with Gasteiger partial charge in [-0.2, -0.15) is 9.78 Å². The summed E-state index contributed by atoms with van der Waals surface area (Å²) in [5, 5.41) is 17.8. The van der Waals surface area contributed by atoms with Gasteiger partial charge in [0.1, 0.15) is 11.9 Å². The average molecular weight is 332 g/mol. The van der Waals surface area contributed by atoms with Gasteiger partial charge in [0.15, 0.2) is 5.82 Å². The first-order valence-electron chi connectivity index (χ1n) is 8.32. The first-order chi connectivity index (χ1) is 11.6. The maximum absolute atomic E-state index is 12.8. The number of aromatic nitrogens is 6. The lowest BCUT2D eigenvalue weighted by atomic mass is 9.96. The van der Waals surface area contributed by atoms with E-state index in [1.807, 2.05) is 7.05 Å². The quantitative estimate of drug-likeness (QED) is 0.860. The molecule has 0 unspecified atom stereocenters. The molecule has 1 saturated heterocycles. The second-order valence-electron chi connectivity index (χ2n) is 6.67. The van der Waals surface area contributed by atoms with E-state index in [4.69, 9.17) is 0 Å². The van der Waals surface area contributed by atoms with Crippen molar-refractivity contribution in [1.82, 2.24) is 40.2 Å². The van der Waals surface area contributed by atoms with Gasteiger partial charge in [-0.05, 0) is 49.6 Å². The predicted molar refractivity (Wildman–Crippen MR) is 87.7 cm³/mol. The number of aromatic amines is 1. The number of tetrazole rings is 1. The van der Waals surface area contributed by atoms with E-state index in [1.54, 1.807) is 4.90 Å². The molecule has 9 heteroatoms. The second-order valence-corrected chi connectivity index (χ2v) is 6.67. The molecule has 1 aliphatic rings. The number of carbonyl (C=O) groups excluding carboxylic acids is 1. The van der Waals surface area contributed by atoms with Crippen molar-refractivity contribution in [2.75, 3.05) is 26.7 Å². The summed E-state index contributed by atoms with van der Waals surface area (Å²) in [7, 11) is 1.84. The minimum atomic E-state index is -0.0732. The van der Waals surface area contributed by atoms with Gasteiger partial charge in [0, 0.05) is 26.2 Å². The third-order valence-electron chi connectivity index (χ3n) is 4.59. The highest BCUT2D eigenvalue weighted by atomic mass is 16.2. The molecule has 3 heterocycles. The van der Waals surface area contributed by atoms with E-state index in [9.17, 15) is 4.79 Å². The molecule has 0 saturated carbocycles. The van der Waals surface area contributed by atoms with E-state index >= 15 is 0 Å². The molecule has 0 aromatic carbocycles. The molecule has 1 aliphatic heterocycles. The maximum Gasteiger partial charge on any atom is 0.259 e. The van der Waals surface area contributed by atoms with Crippen molar-refractivity contribution in [2.24, 2.45) is 5.92 Å². The summed E-state index contributed by atoms with van der Waals surface area (Å²) < 4.78 is 1.41. The van der Waals surface area contributed by atoms with E-state index in [0.717, 1.165) is 26.1 Å². The molecule has 3 rings (SSSR count). The number of hydrogen-bond donors (Lipinski definition) is 1. The molecule has 2 aromatic heterocycles. The van der Waals surface area contributed by atoms with Gasteiger partial charge in [0.05, 0.1) is 6.20 Å². The largest absolute Gasteiger partial charge is 0.341 e. The van der Waals surface area contributed by atoms with Crippen LogP contribution in [-0.2, 0) is 0 Å². The molecule has 24 heavy (non-hydrogen) atoms. The monoisotopic (exact) mass is 332 g/mol. The Kier molecular flexibility index (Phi) is 4.89. The van der Waals surface area contributed by atoms with E-state index in [2.05, 4.69) is 44.5 Å². The Bertz CT molecular complexity index is 665. The normalized spacial score (nSPS) is 18.9. The van der Waals surface area contributed by atoms with Crippen LogP contribution in [0.5, 0.6) is 0 Å². The molecular weight excluding hydrogens is 308 g/mol. The standard InChI is InChI=1S/C15H24N8O/c1-11(2)22-6-4-5-12(9-22)8-21(3)15(24)13-7-16-18-14(13)23-10-17-19-20-23/h7,10-12H,4-6,8-9H2,1-3H3,(H,16,18)/t12-/m0/s1. The summed E-state index contributed by atoms with van der Waals surface area (Å²) in [6, 6.07) is 0.550. The fraction of sp³-hybridized carbons (Fsp3) is 0.667. The molecule has 2 aromatic rings. The highest BCUT2D eigenvalue weighted by Gasteiger charge is 2.26. The molecular formula is C15H24N8O. The summed E-state index contributed by atoms with van der Waals surface area (Å²) in [4.78, 5) is 17.0. The third kappa shape index (κ3) is 3.45. The zero-order chi connectivity index (χ0) is 17.1. The van der Waals surface area contributed by atoms with E-state index in [1.165, 1.54) is 23.6 Å². The van der Waals surface area contributed by atoms with Crippen LogP contribution in [0.3, 0.4) is 0 Å².